The highest BCUT2D eigenvalue weighted by Crippen LogP contribution is 2.35. The lowest BCUT2D eigenvalue weighted by atomic mass is 10.2. The predicted molar refractivity (Wildman–Crippen MR) is 73.3 cm³/mol. The Kier molecular flexibility index (Phi) is 6.11. The molecule has 1 amide bonds. The molecule has 0 radical (unpaired) electrons. The van der Waals surface area contributed by atoms with Crippen molar-refractivity contribution in [1.82, 2.24) is 5.32 Å². The van der Waals surface area contributed by atoms with E-state index in [0.29, 0.717) is 16.5 Å². The van der Waals surface area contributed by atoms with Crippen molar-refractivity contribution in [3.8, 4) is 11.5 Å². The lowest BCUT2D eigenvalue weighted by molar-refractivity contribution is -0.138. The summed E-state index contributed by atoms with van der Waals surface area (Å²) in [7, 11) is 2.97. The fourth-order valence-corrected chi connectivity index (χ4v) is 1.89. The molecule has 0 aliphatic heterocycles. The van der Waals surface area contributed by atoms with E-state index in [1.54, 1.807) is 12.1 Å². The number of carbonyl (C=O) groups is 2. The van der Waals surface area contributed by atoms with Gasteiger partial charge in [0, 0.05) is 13.0 Å². The number of methoxy groups -OCH3 is 2. The maximum absolute atomic E-state index is 11.4. The number of carbonyl (C=O) groups excluding carboxylic acids is 1. The fraction of sp³-hybridized carbons (Fsp3) is 0.385. The molecule has 0 bridgehead atoms. The maximum Gasteiger partial charge on any atom is 0.303 e. The van der Waals surface area contributed by atoms with Crippen molar-refractivity contribution < 1.29 is 24.2 Å². The van der Waals surface area contributed by atoms with Gasteiger partial charge in [-0.1, -0.05) is 11.6 Å². The number of carboxylic acid groups (broad SMARTS) is 1. The summed E-state index contributed by atoms with van der Waals surface area (Å²) in [6.45, 7) is 0.235. The topological polar surface area (TPSA) is 84.9 Å². The standard InChI is InChI=1S/C13H16ClNO5/c1-19-10-6-8(5-9(14)13(10)20-2)7-15-11(16)3-4-12(17)18/h5-6H,3-4,7H2,1-2H3,(H,15,16)(H,17,18). The minimum absolute atomic E-state index is 0.0592. The summed E-state index contributed by atoms with van der Waals surface area (Å²) in [5.41, 5.74) is 0.733. The first-order chi connectivity index (χ1) is 9.47. The van der Waals surface area contributed by atoms with Gasteiger partial charge < -0.3 is 19.9 Å². The van der Waals surface area contributed by atoms with E-state index >= 15 is 0 Å². The predicted octanol–water partition coefficient (Wildman–Crippen LogP) is 1.84. The minimum Gasteiger partial charge on any atom is -0.493 e. The summed E-state index contributed by atoms with van der Waals surface area (Å²) >= 11 is 6.04. The van der Waals surface area contributed by atoms with Crippen LogP contribution in [0, 0.1) is 0 Å². The Morgan fingerprint density at radius 1 is 1.25 bits per heavy atom. The zero-order valence-corrected chi connectivity index (χ0v) is 12.0. The number of aliphatic carboxylic acids is 1. The number of halogens is 1. The summed E-state index contributed by atoms with van der Waals surface area (Å²) < 4.78 is 10.2. The van der Waals surface area contributed by atoms with Crippen LogP contribution in [0.5, 0.6) is 11.5 Å². The average molecular weight is 302 g/mol. The van der Waals surface area contributed by atoms with Gasteiger partial charge in [-0.15, -0.1) is 0 Å². The highest BCUT2D eigenvalue weighted by Gasteiger charge is 2.11. The van der Waals surface area contributed by atoms with E-state index in [-0.39, 0.29) is 25.3 Å². The van der Waals surface area contributed by atoms with Crippen molar-refractivity contribution in [3.63, 3.8) is 0 Å². The first-order valence-corrected chi connectivity index (χ1v) is 6.24. The molecule has 0 atom stereocenters. The molecule has 0 spiro atoms. The van der Waals surface area contributed by atoms with Crippen LogP contribution in [0.3, 0.4) is 0 Å². The van der Waals surface area contributed by atoms with Crippen molar-refractivity contribution >= 4 is 23.5 Å². The van der Waals surface area contributed by atoms with E-state index in [9.17, 15) is 9.59 Å². The van der Waals surface area contributed by atoms with Crippen molar-refractivity contribution in [2.24, 2.45) is 0 Å². The molecule has 1 aromatic rings. The van der Waals surface area contributed by atoms with Crippen LogP contribution in [-0.4, -0.2) is 31.2 Å². The summed E-state index contributed by atoms with van der Waals surface area (Å²) in [4.78, 5) is 21.8. The van der Waals surface area contributed by atoms with Crippen LogP contribution in [-0.2, 0) is 16.1 Å². The van der Waals surface area contributed by atoms with Crippen molar-refractivity contribution in [3.05, 3.63) is 22.7 Å². The molecular weight excluding hydrogens is 286 g/mol. The second kappa shape index (κ2) is 7.59. The van der Waals surface area contributed by atoms with Gasteiger partial charge in [0.15, 0.2) is 11.5 Å². The van der Waals surface area contributed by atoms with E-state index in [1.807, 2.05) is 0 Å². The summed E-state index contributed by atoms with van der Waals surface area (Å²) in [5.74, 6) is -0.447. The smallest absolute Gasteiger partial charge is 0.303 e. The average Bonchev–Trinajstić information content (AvgIpc) is 2.42. The lowest BCUT2D eigenvalue weighted by Crippen LogP contribution is -2.23. The molecule has 2 N–H and O–H groups in total. The maximum atomic E-state index is 11.4. The Morgan fingerprint density at radius 3 is 2.50 bits per heavy atom. The molecule has 0 aromatic heterocycles. The molecule has 0 aliphatic carbocycles. The molecule has 0 unspecified atom stereocenters. The SMILES string of the molecule is COc1cc(CNC(=O)CCC(=O)O)cc(Cl)c1OC. The zero-order chi connectivity index (χ0) is 15.1. The molecule has 110 valence electrons. The number of amides is 1. The van der Waals surface area contributed by atoms with E-state index in [4.69, 9.17) is 26.2 Å². The van der Waals surface area contributed by atoms with E-state index in [0.717, 1.165) is 5.56 Å². The molecule has 0 fully saturated rings. The Hall–Kier alpha value is -1.95. The number of benzene rings is 1. The largest absolute Gasteiger partial charge is 0.493 e. The molecule has 0 aliphatic rings. The highest BCUT2D eigenvalue weighted by molar-refractivity contribution is 6.32. The van der Waals surface area contributed by atoms with Gasteiger partial charge in [-0.3, -0.25) is 9.59 Å². The zero-order valence-electron chi connectivity index (χ0n) is 11.2. The normalized spacial score (nSPS) is 9.95. The number of ether oxygens (including phenoxy) is 2. The van der Waals surface area contributed by atoms with Crippen LogP contribution in [0.25, 0.3) is 0 Å². The molecule has 7 heteroatoms. The van der Waals surface area contributed by atoms with Gasteiger partial charge in [-0.05, 0) is 17.7 Å². The number of carboxylic acids is 1. The van der Waals surface area contributed by atoms with Gasteiger partial charge in [0.2, 0.25) is 5.91 Å². The van der Waals surface area contributed by atoms with Crippen molar-refractivity contribution in [1.29, 1.82) is 0 Å². The first kappa shape index (κ1) is 16.1. The van der Waals surface area contributed by atoms with Crippen LogP contribution in [0.2, 0.25) is 5.02 Å². The van der Waals surface area contributed by atoms with E-state index < -0.39 is 5.97 Å². The second-order valence-corrected chi connectivity index (χ2v) is 4.39. The Balaban J connectivity index is 2.67. The van der Waals surface area contributed by atoms with Gasteiger partial charge in [0.25, 0.3) is 0 Å². The number of nitrogens with one attached hydrogen (secondary N) is 1. The monoisotopic (exact) mass is 301 g/mol. The van der Waals surface area contributed by atoms with Crippen LogP contribution >= 0.6 is 11.6 Å². The second-order valence-electron chi connectivity index (χ2n) is 3.98. The van der Waals surface area contributed by atoms with Crippen molar-refractivity contribution in [2.75, 3.05) is 14.2 Å². The molecule has 1 rings (SSSR count). The highest BCUT2D eigenvalue weighted by atomic mass is 35.5. The third kappa shape index (κ3) is 4.62. The summed E-state index contributed by atoms with van der Waals surface area (Å²) in [6, 6.07) is 3.35. The quantitative estimate of drug-likeness (QED) is 0.802. The van der Waals surface area contributed by atoms with Crippen LogP contribution < -0.4 is 14.8 Å². The van der Waals surface area contributed by atoms with Gasteiger partial charge in [-0.25, -0.2) is 0 Å². The van der Waals surface area contributed by atoms with Gasteiger partial charge >= 0.3 is 5.97 Å². The Bertz CT molecular complexity index is 504. The third-order valence-corrected chi connectivity index (χ3v) is 2.83. The summed E-state index contributed by atoms with van der Waals surface area (Å²) in [5, 5.41) is 11.5. The summed E-state index contributed by atoms with van der Waals surface area (Å²) in [6.07, 6.45) is -0.255. The van der Waals surface area contributed by atoms with Gasteiger partial charge in [-0.2, -0.15) is 0 Å². The number of hydrogen-bond donors (Lipinski definition) is 2. The van der Waals surface area contributed by atoms with E-state index in [2.05, 4.69) is 5.32 Å². The Morgan fingerprint density at radius 2 is 1.95 bits per heavy atom. The molecule has 0 saturated carbocycles. The molecule has 20 heavy (non-hydrogen) atoms. The molecule has 0 heterocycles. The first-order valence-electron chi connectivity index (χ1n) is 5.86. The minimum atomic E-state index is -1.01. The molecule has 1 aromatic carbocycles. The van der Waals surface area contributed by atoms with Crippen LogP contribution in [0.1, 0.15) is 18.4 Å². The lowest BCUT2D eigenvalue weighted by Gasteiger charge is -2.12. The molecule has 6 nitrogen and oxygen atoms in total. The van der Waals surface area contributed by atoms with Gasteiger partial charge in [0.1, 0.15) is 0 Å². The molecule has 0 saturated heterocycles. The Labute approximate surface area is 121 Å². The van der Waals surface area contributed by atoms with E-state index in [1.165, 1.54) is 14.2 Å². The van der Waals surface area contributed by atoms with Crippen molar-refractivity contribution in [2.45, 2.75) is 19.4 Å². The number of rotatable bonds is 7. The number of hydrogen-bond acceptors (Lipinski definition) is 4. The van der Waals surface area contributed by atoms with Crippen LogP contribution in [0.4, 0.5) is 0 Å². The fourth-order valence-electron chi connectivity index (χ4n) is 1.58. The van der Waals surface area contributed by atoms with Crippen LogP contribution in [0.15, 0.2) is 12.1 Å². The van der Waals surface area contributed by atoms with Gasteiger partial charge in [0.05, 0.1) is 25.7 Å². The molecular formula is C13H16ClNO5. The third-order valence-electron chi connectivity index (χ3n) is 2.55.